The second kappa shape index (κ2) is 5.11. The highest BCUT2D eigenvalue weighted by molar-refractivity contribution is 5.21. The lowest BCUT2D eigenvalue weighted by Crippen LogP contribution is -2.25. The van der Waals surface area contributed by atoms with Crippen molar-refractivity contribution in [1.29, 1.82) is 0 Å². The van der Waals surface area contributed by atoms with Crippen LogP contribution in [0.4, 0.5) is 13.2 Å². The second-order valence-corrected chi connectivity index (χ2v) is 3.11. The Hall–Kier alpha value is -1.37. The molecule has 1 atom stereocenters. The Kier molecular flexibility index (Phi) is 4.05. The fraction of sp³-hybridized carbons (Fsp3) is 0.556. The van der Waals surface area contributed by atoms with E-state index in [9.17, 15) is 13.2 Å². The summed E-state index contributed by atoms with van der Waals surface area (Å²) in [5, 5.41) is 2.55. The summed E-state index contributed by atoms with van der Waals surface area (Å²) in [6.07, 6.45) is -2.59. The normalized spacial score (nSPS) is 13.6. The maximum atomic E-state index is 12.3. The fourth-order valence-electron chi connectivity index (χ4n) is 1.30. The van der Waals surface area contributed by atoms with E-state index in [-0.39, 0.29) is 11.6 Å². The highest BCUT2D eigenvalue weighted by Crippen LogP contribution is 2.31. The van der Waals surface area contributed by atoms with Crippen molar-refractivity contribution < 1.29 is 17.9 Å². The van der Waals surface area contributed by atoms with Crippen molar-refractivity contribution in [3.63, 3.8) is 0 Å². The van der Waals surface area contributed by atoms with Crippen LogP contribution in [0.3, 0.4) is 0 Å². The molecular weight excluding hydrogens is 223 g/mol. The van der Waals surface area contributed by atoms with Crippen LogP contribution in [0.2, 0.25) is 0 Å². The molecule has 0 bridgehead atoms. The van der Waals surface area contributed by atoms with Crippen molar-refractivity contribution in [2.24, 2.45) is 0 Å². The molecule has 1 unspecified atom stereocenters. The number of nitrogens with zero attached hydrogens (tertiary/aromatic N) is 2. The van der Waals surface area contributed by atoms with Crippen LogP contribution >= 0.6 is 0 Å². The van der Waals surface area contributed by atoms with Crippen molar-refractivity contribution >= 4 is 0 Å². The van der Waals surface area contributed by atoms with Crippen LogP contribution in [0.15, 0.2) is 12.4 Å². The van der Waals surface area contributed by atoms with Crippen molar-refractivity contribution in [1.82, 2.24) is 15.3 Å². The number of aromatic nitrogens is 2. The van der Waals surface area contributed by atoms with Gasteiger partial charge in [-0.15, -0.1) is 0 Å². The van der Waals surface area contributed by atoms with Crippen molar-refractivity contribution in [2.75, 3.05) is 14.2 Å². The SMILES string of the molecule is CNC(CC(F)(F)F)c1nccnc1OC. The Morgan fingerprint density at radius 3 is 2.50 bits per heavy atom. The molecule has 0 saturated heterocycles. The van der Waals surface area contributed by atoms with Gasteiger partial charge >= 0.3 is 6.18 Å². The van der Waals surface area contributed by atoms with Gasteiger partial charge in [0.1, 0.15) is 5.69 Å². The predicted molar refractivity (Wildman–Crippen MR) is 51.1 cm³/mol. The van der Waals surface area contributed by atoms with Gasteiger partial charge in [0.15, 0.2) is 0 Å². The molecule has 0 saturated carbocycles. The quantitative estimate of drug-likeness (QED) is 0.862. The standard InChI is InChI=1S/C9H12F3N3O/c1-13-6(5-9(10,11)12)7-8(16-2)15-4-3-14-7/h3-4,6,13H,5H2,1-2H3. The number of ether oxygens (including phenoxy) is 1. The number of rotatable bonds is 4. The van der Waals surface area contributed by atoms with Crippen LogP contribution < -0.4 is 10.1 Å². The van der Waals surface area contributed by atoms with E-state index in [1.165, 1.54) is 26.6 Å². The molecule has 0 aromatic carbocycles. The van der Waals surface area contributed by atoms with Crippen LogP contribution in [0.1, 0.15) is 18.2 Å². The third kappa shape index (κ3) is 3.34. The lowest BCUT2D eigenvalue weighted by Gasteiger charge is -2.18. The van der Waals surface area contributed by atoms with Crippen LogP contribution in [-0.2, 0) is 0 Å². The van der Waals surface area contributed by atoms with E-state index in [1.807, 2.05) is 0 Å². The summed E-state index contributed by atoms with van der Waals surface area (Å²) in [5.41, 5.74) is 0.157. The van der Waals surface area contributed by atoms with E-state index in [4.69, 9.17) is 4.74 Å². The first kappa shape index (κ1) is 12.7. The van der Waals surface area contributed by atoms with Gasteiger partial charge in [0.2, 0.25) is 5.88 Å². The van der Waals surface area contributed by atoms with Crippen LogP contribution in [0.25, 0.3) is 0 Å². The summed E-state index contributed by atoms with van der Waals surface area (Å²) in [6, 6.07) is -0.955. The van der Waals surface area contributed by atoms with E-state index in [1.54, 1.807) is 0 Å². The topological polar surface area (TPSA) is 47.0 Å². The van der Waals surface area contributed by atoms with E-state index < -0.39 is 18.6 Å². The largest absolute Gasteiger partial charge is 0.480 e. The van der Waals surface area contributed by atoms with Gasteiger partial charge < -0.3 is 10.1 Å². The molecule has 0 fully saturated rings. The first-order valence-corrected chi connectivity index (χ1v) is 4.57. The number of alkyl halides is 3. The highest BCUT2D eigenvalue weighted by Gasteiger charge is 2.34. The number of hydrogen-bond donors (Lipinski definition) is 1. The second-order valence-electron chi connectivity index (χ2n) is 3.11. The third-order valence-electron chi connectivity index (χ3n) is 2.00. The first-order chi connectivity index (χ1) is 7.48. The molecule has 0 spiro atoms. The van der Waals surface area contributed by atoms with Gasteiger partial charge in [-0.3, -0.25) is 4.98 Å². The van der Waals surface area contributed by atoms with E-state index >= 15 is 0 Å². The Bertz CT molecular complexity index is 343. The summed E-state index contributed by atoms with van der Waals surface area (Å²) in [4.78, 5) is 7.66. The van der Waals surface area contributed by atoms with Crippen LogP contribution in [-0.4, -0.2) is 30.3 Å². The van der Waals surface area contributed by atoms with Gasteiger partial charge in [0.25, 0.3) is 0 Å². The van der Waals surface area contributed by atoms with Gasteiger partial charge in [0.05, 0.1) is 19.6 Å². The molecule has 16 heavy (non-hydrogen) atoms. The maximum Gasteiger partial charge on any atom is 0.390 e. The number of methoxy groups -OCH3 is 1. The minimum absolute atomic E-state index is 0.103. The zero-order valence-corrected chi connectivity index (χ0v) is 8.88. The van der Waals surface area contributed by atoms with Crippen LogP contribution in [0.5, 0.6) is 5.88 Å². The molecule has 0 amide bonds. The Morgan fingerprint density at radius 2 is 2.00 bits per heavy atom. The van der Waals surface area contributed by atoms with Gasteiger partial charge in [-0.05, 0) is 7.05 Å². The van der Waals surface area contributed by atoms with E-state index in [0.717, 1.165) is 0 Å². The molecule has 1 aromatic rings. The zero-order chi connectivity index (χ0) is 12.2. The fourth-order valence-corrected chi connectivity index (χ4v) is 1.30. The summed E-state index contributed by atoms with van der Waals surface area (Å²) in [5.74, 6) is 0.103. The van der Waals surface area contributed by atoms with Crippen molar-refractivity contribution in [3.05, 3.63) is 18.1 Å². The number of hydrogen-bond acceptors (Lipinski definition) is 4. The third-order valence-corrected chi connectivity index (χ3v) is 2.00. The summed E-state index contributed by atoms with van der Waals surface area (Å²) in [6.45, 7) is 0. The molecule has 0 aliphatic heterocycles. The van der Waals surface area contributed by atoms with E-state index in [0.29, 0.717) is 0 Å². The lowest BCUT2D eigenvalue weighted by molar-refractivity contribution is -0.140. The minimum Gasteiger partial charge on any atom is -0.480 e. The van der Waals surface area contributed by atoms with Gasteiger partial charge in [0, 0.05) is 12.4 Å². The highest BCUT2D eigenvalue weighted by atomic mass is 19.4. The van der Waals surface area contributed by atoms with Gasteiger partial charge in [-0.1, -0.05) is 0 Å². The molecule has 4 nitrogen and oxygen atoms in total. The molecule has 1 N–H and O–H groups in total. The molecule has 1 rings (SSSR count). The van der Waals surface area contributed by atoms with Gasteiger partial charge in [-0.2, -0.15) is 13.2 Å². The molecule has 7 heteroatoms. The summed E-state index contributed by atoms with van der Waals surface area (Å²) in [7, 11) is 2.78. The van der Waals surface area contributed by atoms with E-state index in [2.05, 4.69) is 15.3 Å². The average molecular weight is 235 g/mol. The first-order valence-electron chi connectivity index (χ1n) is 4.57. The monoisotopic (exact) mass is 235 g/mol. The van der Waals surface area contributed by atoms with Crippen LogP contribution in [0, 0.1) is 0 Å². The molecule has 1 aromatic heterocycles. The Labute approximate surface area is 90.9 Å². The smallest absolute Gasteiger partial charge is 0.390 e. The average Bonchev–Trinajstić information content (AvgIpc) is 2.24. The molecule has 1 heterocycles. The lowest BCUT2D eigenvalue weighted by atomic mass is 10.1. The molecule has 0 radical (unpaired) electrons. The Morgan fingerprint density at radius 1 is 1.38 bits per heavy atom. The number of halogens is 3. The zero-order valence-electron chi connectivity index (χ0n) is 8.88. The maximum absolute atomic E-state index is 12.3. The van der Waals surface area contributed by atoms with Gasteiger partial charge in [-0.25, -0.2) is 4.98 Å². The number of nitrogens with one attached hydrogen (secondary N) is 1. The summed E-state index contributed by atoms with van der Waals surface area (Å²) < 4.78 is 41.7. The minimum atomic E-state index is -4.27. The molecule has 0 aliphatic rings. The molecule has 90 valence electrons. The predicted octanol–water partition coefficient (Wildman–Crippen LogP) is 1.70. The van der Waals surface area contributed by atoms with Crippen molar-refractivity contribution in [3.8, 4) is 5.88 Å². The molecule has 0 aliphatic carbocycles. The Balaban J connectivity index is 2.94. The summed E-state index contributed by atoms with van der Waals surface area (Å²) >= 11 is 0. The molecular formula is C9H12F3N3O. The van der Waals surface area contributed by atoms with Crippen molar-refractivity contribution in [2.45, 2.75) is 18.6 Å².